The van der Waals surface area contributed by atoms with E-state index in [2.05, 4.69) is 14.6 Å². The van der Waals surface area contributed by atoms with Crippen molar-refractivity contribution in [3.05, 3.63) is 23.4 Å². The number of ether oxygens (including phenoxy) is 2. The molecule has 2 saturated heterocycles. The molecule has 3 heterocycles. The Balaban J connectivity index is 1.85. The minimum Gasteiger partial charge on any atom is -0.481 e. The van der Waals surface area contributed by atoms with Gasteiger partial charge in [0.1, 0.15) is 5.56 Å². The number of carbonyl (C=O) groups is 1. The number of likely N-dealkylation sites (N-methyl/N-ethyl adjacent to an activating group) is 1. The van der Waals surface area contributed by atoms with Gasteiger partial charge in [-0.2, -0.15) is 13.2 Å². The topological polar surface area (TPSA) is 51.7 Å². The Morgan fingerprint density at radius 1 is 1.33 bits per heavy atom. The van der Waals surface area contributed by atoms with E-state index in [4.69, 9.17) is 4.74 Å². The Kier molecular flexibility index (Phi) is 4.52. The molecule has 8 heteroatoms. The smallest absolute Gasteiger partial charge is 0.421 e. The lowest BCUT2D eigenvalue weighted by molar-refractivity contribution is -0.139. The van der Waals surface area contributed by atoms with Crippen molar-refractivity contribution in [2.45, 2.75) is 31.1 Å². The summed E-state index contributed by atoms with van der Waals surface area (Å²) in [5.74, 6) is -1.12. The van der Waals surface area contributed by atoms with E-state index < -0.39 is 17.6 Å². The Labute approximate surface area is 137 Å². The van der Waals surface area contributed by atoms with E-state index in [1.807, 2.05) is 7.05 Å². The van der Waals surface area contributed by atoms with E-state index in [1.165, 1.54) is 6.20 Å². The van der Waals surface area contributed by atoms with E-state index in [0.29, 0.717) is 26.1 Å². The molecule has 0 aromatic carbocycles. The van der Waals surface area contributed by atoms with Gasteiger partial charge in [0.05, 0.1) is 20.3 Å². The van der Waals surface area contributed by atoms with Crippen LogP contribution >= 0.6 is 0 Å². The summed E-state index contributed by atoms with van der Waals surface area (Å²) in [7, 11) is 3.12. The summed E-state index contributed by atoms with van der Waals surface area (Å²) in [5, 5.41) is 0. The zero-order valence-corrected chi connectivity index (χ0v) is 13.5. The van der Waals surface area contributed by atoms with Crippen LogP contribution in [0.4, 0.5) is 13.2 Å². The molecule has 2 unspecified atom stereocenters. The Hall–Kier alpha value is -1.67. The maximum Gasteiger partial charge on any atom is 0.421 e. The molecule has 2 atom stereocenters. The van der Waals surface area contributed by atoms with Crippen LogP contribution in [0.1, 0.15) is 28.8 Å². The lowest BCUT2D eigenvalue weighted by Crippen LogP contribution is -2.55. The molecule has 3 rings (SSSR count). The number of Topliss-reactive ketones (excluding diaryl/α,β-unsaturated/α-hetero) is 1. The molecule has 0 amide bonds. The van der Waals surface area contributed by atoms with Crippen LogP contribution in [0.5, 0.6) is 5.88 Å². The van der Waals surface area contributed by atoms with Gasteiger partial charge >= 0.3 is 6.18 Å². The molecule has 0 N–H and O–H groups in total. The number of aromatic nitrogens is 1. The van der Waals surface area contributed by atoms with Crippen molar-refractivity contribution in [1.82, 2.24) is 9.88 Å². The van der Waals surface area contributed by atoms with Crippen molar-refractivity contribution in [1.29, 1.82) is 0 Å². The van der Waals surface area contributed by atoms with Crippen LogP contribution in [0.25, 0.3) is 0 Å². The zero-order valence-electron chi connectivity index (χ0n) is 13.5. The average molecular weight is 344 g/mol. The second-order valence-electron chi connectivity index (χ2n) is 6.32. The number of hydrogen-bond acceptors (Lipinski definition) is 5. The van der Waals surface area contributed by atoms with Crippen molar-refractivity contribution in [3.63, 3.8) is 0 Å². The minimum absolute atomic E-state index is 0.0170. The lowest BCUT2D eigenvalue weighted by atomic mass is 9.81. The summed E-state index contributed by atoms with van der Waals surface area (Å²) in [6.45, 7) is 1.09. The molecule has 0 aliphatic carbocycles. The maximum atomic E-state index is 13.1. The van der Waals surface area contributed by atoms with Crippen LogP contribution in [0.3, 0.4) is 0 Å². The third kappa shape index (κ3) is 3.12. The summed E-state index contributed by atoms with van der Waals surface area (Å²) in [6, 6.07) is 1.10. The van der Waals surface area contributed by atoms with Crippen LogP contribution < -0.4 is 4.74 Å². The maximum absolute atomic E-state index is 13.1. The van der Waals surface area contributed by atoms with E-state index in [-0.39, 0.29) is 29.3 Å². The fraction of sp³-hybridized carbons (Fsp3) is 0.625. The van der Waals surface area contributed by atoms with Crippen molar-refractivity contribution < 1.29 is 27.4 Å². The van der Waals surface area contributed by atoms with Crippen molar-refractivity contribution in [2.75, 3.05) is 27.4 Å². The van der Waals surface area contributed by atoms with Crippen LogP contribution in [-0.4, -0.2) is 55.1 Å². The normalized spacial score (nSPS) is 27.8. The van der Waals surface area contributed by atoms with Crippen molar-refractivity contribution in [2.24, 2.45) is 5.92 Å². The van der Waals surface area contributed by atoms with Gasteiger partial charge < -0.3 is 9.47 Å². The summed E-state index contributed by atoms with van der Waals surface area (Å²) in [5.41, 5.74) is -1.04. The van der Waals surface area contributed by atoms with Crippen molar-refractivity contribution >= 4 is 5.78 Å². The molecule has 5 nitrogen and oxygen atoms in total. The highest BCUT2D eigenvalue weighted by molar-refractivity contribution is 5.98. The first-order valence-electron chi connectivity index (χ1n) is 7.76. The number of methoxy groups -OCH3 is 1. The molecule has 24 heavy (non-hydrogen) atoms. The van der Waals surface area contributed by atoms with Crippen molar-refractivity contribution in [3.8, 4) is 5.88 Å². The van der Waals surface area contributed by atoms with Gasteiger partial charge in [-0.25, -0.2) is 4.98 Å². The van der Waals surface area contributed by atoms with Crippen LogP contribution in [-0.2, 0) is 10.9 Å². The largest absolute Gasteiger partial charge is 0.481 e. The van der Waals surface area contributed by atoms with Crippen LogP contribution in [0.2, 0.25) is 0 Å². The summed E-state index contributed by atoms with van der Waals surface area (Å²) in [6.07, 6.45) is -2.29. The molecule has 2 bridgehead atoms. The highest BCUT2D eigenvalue weighted by Gasteiger charge is 2.41. The molecule has 1 aromatic heterocycles. The predicted octanol–water partition coefficient (Wildman–Crippen LogP) is 2.40. The Morgan fingerprint density at radius 3 is 2.50 bits per heavy atom. The first-order chi connectivity index (χ1) is 11.3. The van der Waals surface area contributed by atoms with Crippen LogP contribution in [0.15, 0.2) is 12.3 Å². The highest BCUT2D eigenvalue weighted by Crippen LogP contribution is 2.37. The summed E-state index contributed by atoms with van der Waals surface area (Å²) in [4.78, 5) is 18.6. The fourth-order valence-corrected chi connectivity index (χ4v) is 3.50. The molecule has 2 fully saturated rings. The van der Waals surface area contributed by atoms with Gasteiger partial charge in [0.25, 0.3) is 0 Å². The summed E-state index contributed by atoms with van der Waals surface area (Å²) >= 11 is 0. The van der Waals surface area contributed by atoms with E-state index >= 15 is 0 Å². The average Bonchev–Trinajstić information content (AvgIpc) is 2.52. The van der Waals surface area contributed by atoms with Gasteiger partial charge in [-0.15, -0.1) is 0 Å². The molecule has 2 aliphatic rings. The first kappa shape index (κ1) is 17.2. The van der Waals surface area contributed by atoms with E-state index in [1.54, 1.807) is 0 Å². The van der Waals surface area contributed by atoms with Gasteiger partial charge in [0.2, 0.25) is 5.88 Å². The minimum atomic E-state index is -4.62. The number of fused-ring (bicyclic) bond motifs is 2. The molecule has 132 valence electrons. The Bertz CT molecular complexity index is 621. The first-order valence-corrected chi connectivity index (χ1v) is 7.76. The number of morpholine rings is 1. The highest BCUT2D eigenvalue weighted by atomic mass is 19.4. The number of nitrogens with zero attached hydrogens (tertiary/aromatic N) is 2. The number of alkyl halides is 3. The molecule has 0 spiro atoms. The zero-order chi connectivity index (χ0) is 17.5. The second kappa shape index (κ2) is 6.33. The lowest BCUT2D eigenvalue weighted by Gasteiger charge is -2.46. The van der Waals surface area contributed by atoms with Crippen LogP contribution in [0, 0.1) is 5.92 Å². The second-order valence-corrected chi connectivity index (χ2v) is 6.32. The SMILES string of the molecule is COc1ncc(C(=O)C2CC3COCC(C2)N3C)cc1C(F)(F)F. The predicted molar refractivity (Wildman–Crippen MR) is 79.0 cm³/mol. The molecule has 2 aliphatic heterocycles. The molecular formula is C16H19F3N2O3. The van der Waals surface area contributed by atoms with Gasteiger partial charge in [-0.3, -0.25) is 9.69 Å². The van der Waals surface area contributed by atoms with E-state index in [9.17, 15) is 18.0 Å². The number of pyridine rings is 1. The number of halogens is 3. The standard InChI is InChI=1S/C16H19F3N2O3/c1-21-11-3-9(4-12(21)8-24-7-11)14(22)10-5-13(16(17,18)19)15(23-2)20-6-10/h5-6,9,11-12H,3-4,7-8H2,1-2H3. The number of piperidine rings is 1. The van der Waals surface area contributed by atoms with Gasteiger partial charge in [0.15, 0.2) is 5.78 Å². The van der Waals surface area contributed by atoms with Gasteiger partial charge in [-0.05, 0) is 26.0 Å². The number of ketones is 1. The molecular weight excluding hydrogens is 325 g/mol. The number of carbonyl (C=O) groups excluding carboxylic acids is 1. The molecule has 0 radical (unpaired) electrons. The monoisotopic (exact) mass is 344 g/mol. The number of rotatable bonds is 3. The molecule has 1 aromatic rings. The quantitative estimate of drug-likeness (QED) is 0.788. The fourth-order valence-electron chi connectivity index (χ4n) is 3.50. The van der Waals surface area contributed by atoms with Gasteiger partial charge in [-0.1, -0.05) is 0 Å². The van der Waals surface area contributed by atoms with Gasteiger partial charge in [0, 0.05) is 29.8 Å². The summed E-state index contributed by atoms with van der Waals surface area (Å²) < 4.78 is 49.5. The molecule has 0 saturated carbocycles. The van der Waals surface area contributed by atoms with E-state index in [0.717, 1.165) is 13.2 Å². The number of hydrogen-bond donors (Lipinski definition) is 0. The third-order valence-corrected chi connectivity index (χ3v) is 4.89. The Morgan fingerprint density at radius 2 is 1.96 bits per heavy atom. The third-order valence-electron chi connectivity index (χ3n) is 4.89.